The highest BCUT2D eigenvalue weighted by atomic mass is 35.5. The molecule has 0 spiro atoms. The Morgan fingerprint density at radius 2 is 1.92 bits per heavy atom. The van der Waals surface area contributed by atoms with Crippen LogP contribution in [0.1, 0.15) is 25.0 Å². The molecule has 142 valence electrons. The first-order valence-electron chi connectivity index (χ1n) is 8.12. The minimum Gasteiger partial charge on any atom is -0.330 e. The Balaban J connectivity index is 0.00000243. The third kappa shape index (κ3) is 4.19. The topological polar surface area (TPSA) is 72.9 Å². The van der Waals surface area contributed by atoms with Gasteiger partial charge in [-0.2, -0.15) is 18.3 Å². The number of alkyl halides is 3. The summed E-state index contributed by atoms with van der Waals surface area (Å²) < 4.78 is 39.6. The SMILES string of the molecule is Cl.NC[C@H]1CCC[C@H]1C(=O)Nc1ccc(-n2nccc2C(F)(F)F)cc1. The molecule has 0 unspecified atom stereocenters. The maximum absolute atomic E-state index is 12.9. The second kappa shape index (κ2) is 8.09. The van der Waals surface area contributed by atoms with Gasteiger partial charge in [0.25, 0.3) is 0 Å². The van der Waals surface area contributed by atoms with Gasteiger partial charge in [-0.25, -0.2) is 4.68 Å². The summed E-state index contributed by atoms with van der Waals surface area (Å²) in [6.45, 7) is 0.483. The molecule has 1 aromatic heterocycles. The molecule has 0 radical (unpaired) electrons. The Morgan fingerprint density at radius 3 is 2.54 bits per heavy atom. The number of halogens is 4. The van der Waals surface area contributed by atoms with Gasteiger partial charge in [0.15, 0.2) is 0 Å². The first-order chi connectivity index (χ1) is 11.9. The summed E-state index contributed by atoms with van der Waals surface area (Å²) in [7, 11) is 0. The van der Waals surface area contributed by atoms with E-state index in [1.54, 1.807) is 12.1 Å². The molecule has 1 fully saturated rings. The number of rotatable bonds is 4. The van der Waals surface area contributed by atoms with Crippen molar-refractivity contribution in [2.24, 2.45) is 17.6 Å². The molecule has 1 heterocycles. The Bertz CT molecular complexity index is 745. The van der Waals surface area contributed by atoms with Crippen LogP contribution in [0.3, 0.4) is 0 Å². The zero-order chi connectivity index (χ0) is 18.0. The molecule has 9 heteroatoms. The van der Waals surface area contributed by atoms with E-state index in [1.165, 1.54) is 12.1 Å². The van der Waals surface area contributed by atoms with Crippen LogP contribution in [0.2, 0.25) is 0 Å². The quantitative estimate of drug-likeness (QED) is 0.840. The molecule has 0 saturated heterocycles. The zero-order valence-electron chi connectivity index (χ0n) is 13.9. The van der Waals surface area contributed by atoms with Crippen LogP contribution in [0, 0.1) is 11.8 Å². The molecular formula is C17H20ClF3N4O. The lowest BCUT2D eigenvalue weighted by Crippen LogP contribution is -2.29. The third-order valence-electron chi connectivity index (χ3n) is 4.61. The van der Waals surface area contributed by atoms with Gasteiger partial charge >= 0.3 is 6.18 Å². The van der Waals surface area contributed by atoms with Crippen LogP contribution in [0.15, 0.2) is 36.5 Å². The zero-order valence-corrected chi connectivity index (χ0v) is 14.7. The van der Waals surface area contributed by atoms with Crippen LogP contribution in [-0.2, 0) is 11.0 Å². The number of nitrogens with one attached hydrogen (secondary N) is 1. The van der Waals surface area contributed by atoms with Crippen molar-refractivity contribution in [3.8, 4) is 5.69 Å². The summed E-state index contributed by atoms with van der Waals surface area (Å²) in [6.07, 6.45) is -0.631. The standard InChI is InChI=1S/C17H19F3N4O.ClH/c18-17(19,20)15-8-9-22-24(15)13-6-4-12(5-7-13)23-16(25)14-3-1-2-11(14)10-21;/h4-9,11,14H,1-3,10,21H2,(H,23,25);1H/t11-,14-;/m1./s1. The summed E-state index contributed by atoms with van der Waals surface area (Å²) in [5.74, 6) is 0.00100. The van der Waals surface area contributed by atoms with E-state index < -0.39 is 11.9 Å². The van der Waals surface area contributed by atoms with Crippen molar-refractivity contribution in [1.29, 1.82) is 0 Å². The van der Waals surface area contributed by atoms with Crippen molar-refractivity contribution in [3.63, 3.8) is 0 Å². The fraction of sp³-hybridized carbons (Fsp3) is 0.412. The summed E-state index contributed by atoms with van der Waals surface area (Å²) in [4.78, 5) is 12.4. The highest BCUT2D eigenvalue weighted by Crippen LogP contribution is 2.32. The molecule has 1 aromatic carbocycles. The van der Waals surface area contributed by atoms with E-state index in [2.05, 4.69) is 10.4 Å². The lowest BCUT2D eigenvalue weighted by molar-refractivity contribution is -0.142. The van der Waals surface area contributed by atoms with Crippen molar-refractivity contribution >= 4 is 24.0 Å². The van der Waals surface area contributed by atoms with Crippen LogP contribution in [0.25, 0.3) is 5.69 Å². The van der Waals surface area contributed by atoms with Gasteiger partial charge in [0.2, 0.25) is 5.91 Å². The molecule has 5 nitrogen and oxygen atoms in total. The van der Waals surface area contributed by atoms with E-state index in [4.69, 9.17) is 5.73 Å². The van der Waals surface area contributed by atoms with Gasteiger partial charge in [0.1, 0.15) is 5.69 Å². The number of nitrogens with two attached hydrogens (primary N) is 1. The number of hydrogen-bond donors (Lipinski definition) is 2. The van der Waals surface area contributed by atoms with Crippen molar-refractivity contribution < 1.29 is 18.0 Å². The van der Waals surface area contributed by atoms with Gasteiger partial charge in [0.05, 0.1) is 11.9 Å². The molecular weight excluding hydrogens is 369 g/mol. The van der Waals surface area contributed by atoms with E-state index in [0.29, 0.717) is 12.2 Å². The average molecular weight is 389 g/mol. The third-order valence-corrected chi connectivity index (χ3v) is 4.61. The molecule has 3 rings (SSSR count). The van der Waals surface area contributed by atoms with Gasteiger partial charge in [0, 0.05) is 11.6 Å². The molecule has 2 atom stereocenters. The molecule has 2 aromatic rings. The Kier molecular flexibility index (Phi) is 6.30. The largest absolute Gasteiger partial charge is 0.433 e. The number of amides is 1. The smallest absolute Gasteiger partial charge is 0.330 e. The minimum atomic E-state index is -4.48. The van der Waals surface area contributed by atoms with Crippen molar-refractivity contribution in [3.05, 3.63) is 42.2 Å². The molecule has 1 saturated carbocycles. The lowest BCUT2D eigenvalue weighted by atomic mass is 9.95. The maximum Gasteiger partial charge on any atom is 0.433 e. The molecule has 0 bridgehead atoms. The van der Waals surface area contributed by atoms with E-state index in [1.807, 2.05) is 0 Å². The molecule has 26 heavy (non-hydrogen) atoms. The lowest BCUT2D eigenvalue weighted by Gasteiger charge is -2.17. The van der Waals surface area contributed by atoms with Crippen molar-refractivity contribution in [2.75, 3.05) is 11.9 Å². The summed E-state index contributed by atoms with van der Waals surface area (Å²) in [5.41, 5.74) is 5.66. The normalized spacial score (nSPS) is 19.8. The predicted molar refractivity (Wildman–Crippen MR) is 94.3 cm³/mol. The Hall–Kier alpha value is -2.06. The first-order valence-corrected chi connectivity index (χ1v) is 8.12. The number of hydrogen-bond acceptors (Lipinski definition) is 3. The number of carbonyl (C=O) groups is 1. The minimum absolute atomic E-state index is 0. The highest BCUT2D eigenvalue weighted by Gasteiger charge is 2.35. The van der Waals surface area contributed by atoms with Crippen LogP contribution < -0.4 is 11.1 Å². The number of aromatic nitrogens is 2. The van der Waals surface area contributed by atoms with Gasteiger partial charge in [-0.3, -0.25) is 4.79 Å². The number of anilines is 1. The second-order valence-corrected chi connectivity index (χ2v) is 6.20. The monoisotopic (exact) mass is 388 g/mol. The van der Waals surface area contributed by atoms with E-state index in [-0.39, 0.29) is 35.8 Å². The molecule has 1 aliphatic carbocycles. The first kappa shape index (κ1) is 20.3. The summed E-state index contributed by atoms with van der Waals surface area (Å²) in [6, 6.07) is 7.05. The summed E-state index contributed by atoms with van der Waals surface area (Å²) >= 11 is 0. The molecule has 0 aliphatic heterocycles. The van der Waals surface area contributed by atoms with Gasteiger partial charge in [-0.15, -0.1) is 12.4 Å². The fourth-order valence-electron chi connectivity index (χ4n) is 3.31. The number of nitrogens with zero attached hydrogens (tertiary/aromatic N) is 2. The Morgan fingerprint density at radius 1 is 1.23 bits per heavy atom. The van der Waals surface area contributed by atoms with Gasteiger partial charge in [-0.05, 0) is 55.6 Å². The molecule has 3 N–H and O–H groups in total. The average Bonchev–Trinajstić information content (AvgIpc) is 3.24. The van der Waals surface area contributed by atoms with Crippen molar-refractivity contribution in [1.82, 2.24) is 9.78 Å². The van der Waals surface area contributed by atoms with Crippen LogP contribution in [0.5, 0.6) is 0 Å². The van der Waals surface area contributed by atoms with Gasteiger partial charge in [-0.1, -0.05) is 6.42 Å². The Labute approximate surface area is 155 Å². The summed E-state index contributed by atoms with van der Waals surface area (Å²) in [5, 5.41) is 6.54. The van der Waals surface area contributed by atoms with Crippen LogP contribution in [-0.4, -0.2) is 22.2 Å². The number of carbonyl (C=O) groups excluding carboxylic acids is 1. The number of benzene rings is 1. The molecule has 1 amide bonds. The predicted octanol–water partition coefficient (Wildman–Crippen LogP) is 3.63. The van der Waals surface area contributed by atoms with Crippen LogP contribution in [0.4, 0.5) is 18.9 Å². The van der Waals surface area contributed by atoms with E-state index in [9.17, 15) is 18.0 Å². The van der Waals surface area contributed by atoms with Crippen molar-refractivity contribution in [2.45, 2.75) is 25.4 Å². The van der Waals surface area contributed by atoms with E-state index >= 15 is 0 Å². The second-order valence-electron chi connectivity index (χ2n) is 6.20. The van der Waals surface area contributed by atoms with Gasteiger partial charge < -0.3 is 11.1 Å². The molecule has 1 aliphatic rings. The maximum atomic E-state index is 12.9. The fourth-order valence-corrected chi connectivity index (χ4v) is 3.31. The van der Waals surface area contributed by atoms with Crippen LogP contribution >= 0.6 is 12.4 Å². The van der Waals surface area contributed by atoms with E-state index in [0.717, 1.165) is 36.2 Å². The highest BCUT2D eigenvalue weighted by molar-refractivity contribution is 5.93.